The summed E-state index contributed by atoms with van der Waals surface area (Å²) >= 11 is 0. The lowest BCUT2D eigenvalue weighted by atomic mass is 10.0. The molecule has 0 aliphatic carbocycles. The van der Waals surface area contributed by atoms with Crippen molar-refractivity contribution in [3.8, 4) is 66.8 Å². The second-order valence-electron chi connectivity index (χ2n) is 27.5. The van der Waals surface area contributed by atoms with Crippen molar-refractivity contribution in [3.05, 3.63) is 388 Å². The van der Waals surface area contributed by atoms with Gasteiger partial charge in [-0.15, -0.1) is 0 Å². The highest BCUT2D eigenvalue weighted by molar-refractivity contribution is 6.14. The maximum atomic E-state index is 2.32. The average Bonchev–Trinajstić information content (AvgIpc) is 1.59. The monoisotopic (exact) mass is 1360 g/mol. The summed E-state index contributed by atoms with van der Waals surface area (Å²) in [7, 11) is 10.7. The van der Waals surface area contributed by atoms with Gasteiger partial charge in [-0.1, -0.05) is 303 Å². The first-order chi connectivity index (χ1) is 52.2. The summed E-state index contributed by atoms with van der Waals surface area (Å²) in [6.45, 7) is 0. The average molecular weight is 1360 g/mol. The number of hydrogen-bond acceptors (Lipinski definition) is 0. The molecule has 0 fully saturated rings. The van der Waals surface area contributed by atoms with Crippen LogP contribution < -0.4 is 0 Å². The smallest absolute Gasteiger partial charge is 0.0494 e. The lowest BCUT2D eigenvalue weighted by molar-refractivity contribution is 1.01. The largest absolute Gasteiger partial charge is 0.344 e. The Morgan fingerprint density at radius 2 is 0.274 bits per heavy atom. The van der Waals surface area contributed by atoms with Gasteiger partial charge in [0.2, 0.25) is 0 Å². The fourth-order valence-electron chi connectivity index (χ4n) is 15.7. The Labute approximate surface area is 618 Å². The first-order valence-corrected chi connectivity index (χ1v) is 36.4. The summed E-state index contributed by atoms with van der Waals surface area (Å²) in [6.07, 6.45) is 0. The molecule has 5 nitrogen and oxygen atoms in total. The molecule has 0 aliphatic rings. The molecule has 5 heterocycles. The van der Waals surface area contributed by atoms with Crippen molar-refractivity contribution in [2.75, 3.05) is 0 Å². The third-order valence-corrected chi connectivity index (χ3v) is 21.3. The van der Waals surface area contributed by atoms with Crippen molar-refractivity contribution in [3.63, 3.8) is 0 Å². The molecule has 21 aromatic rings. The molecule has 0 saturated carbocycles. The molecule has 0 bridgehead atoms. The van der Waals surface area contributed by atoms with E-state index < -0.39 is 0 Å². The molecule has 106 heavy (non-hydrogen) atoms. The molecule has 16 aromatic carbocycles. The molecule has 5 heteroatoms. The van der Waals surface area contributed by atoms with Crippen LogP contribution in [0.2, 0.25) is 0 Å². The minimum absolute atomic E-state index is 1.25. The van der Waals surface area contributed by atoms with Gasteiger partial charge in [0.25, 0.3) is 0 Å². The van der Waals surface area contributed by atoms with Gasteiger partial charge in [0.1, 0.15) is 0 Å². The van der Waals surface area contributed by atoms with Gasteiger partial charge >= 0.3 is 0 Å². The van der Waals surface area contributed by atoms with Gasteiger partial charge in [-0.3, -0.25) is 0 Å². The standard InChI is InChI=1S/2C25H19N.2C19H15N.C13H11N/c1-26-24-15-13-20(18-8-4-2-5-9-18)16-23(24)22-14-12-21(17-25(22)26)19-10-6-3-7-11-19;1-26-24-14-12-20(18-8-4-2-5-9-18)16-22(24)23-17-21(13-15-25(23)26)19-10-6-3-7-11-19;1-20-18-10-6-5-9-16(18)17-13-15(11-12-19(17)20)14-7-3-2-4-8-14;1-20-18-10-6-5-9-16(18)17-12-11-15(13-19(17)20)14-7-3-2-4-8-14;1-14-12-8-4-2-6-10(12)11-7-3-5-9-13(11)14/h2*2-17H,1H3;2*2-13H,1H3;2-9H,1H3. The predicted octanol–water partition coefficient (Wildman–Crippen LogP) is 26.7. The van der Waals surface area contributed by atoms with Crippen molar-refractivity contribution in [2.45, 2.75) is 0 Å². The summed E-state index contributed by atoms with van der Waals surface area (Å²) in [5.41, 5.74) is 27.9. The van der Waals surface area contributed by atoms with Crippen molar-refractivity contribution >= 4 is 109 Å². The zero-order valence-corrected chi connectivity index (χ0v) is 60.2. The number of aryl methyl sites for hydroxylation is 5. The van der Waals surface area contributed by atoms with Gasteiger partial charge < -0.3 is 22.8 Å². The number of nitrogens with zero attached hydrogens (tertiary/aromatic N) is 5. The lowest BCUT2D eigenvalue weighted by Crippen LogP contribution is -1.87. The van der Waals surface area contributed by atoms with Crippen LogP contribution in [0.25, 0.3) is 176 Å². The molecule has 21 rings (SSSR count). The summed E-state index contributed by atoms with van der Waals surface area (Å²) in [5.74, 6) is 0. The van der Waals surface area contributed by atoms with Gasteiger partial charge in [0.05, 0.1) is 0 Å². The van der Waals surface area contributed by atoms with Gasteiger partial charge in [-0.25, -0.2) is 0 Å². The van der Waals surface area contributed by atoms with Crippen LogP contribution >= 0.6 is 0 Å². The third-order valence-electron chi connectivity index (χ3n) is 21.3. The number of rotatable bonds is 6. The Bertz CT molecular complexity index is 6550. The fourth-order valence-corrected chi connectivity index (χ4v) is 15.7. The third kappa shape index (κ3) is 12.5. The fraction of sp³-hybridized carbons (Fsp3) is 0.0495. The molecule has 0 N–H and O–H groups in total. The van der Waals surface area contributed by atoms with E-state index in [1.165, 1.54) is 176 Å². The minimum Gasteiger partial charge on any atom is -0.344 e. The molecule has 0 radical (unpaired) electrons. The summed E-state index contributed by atoms with van der Waals surface area (Å²) < 4.78 is 11.4. The van der Waals surface area contributed by atoms with Gasteiger partial charge in [-0.05, 0) is 152 Å². The van der Waals surface area contributed by atoms with Crippen LogP contribution in [0.3, 0.4) is 0 Å². The van der Waals surface area contributed by atoms with Crippen LogP contribution in [-0.4, -0.2) is 22.8 Å². The van der Waals surface area contributed by atoms with E-state index in [1.54, 1.807) is 0 Å². The second-order valence-corrected chi connectivity index (χ2v) is 27.5. The molecule has 5 aromatic heterocycles. The van der Waals surface area contributed by atoms with Crippen LogP contribution in [0.4, 0.5) is 0 Å². The van der Waals surface area contributed by atoms with Crippen LogP contribution in [0, 0.1) is 0 Å². The summed E-state index contributed by atoms with van der Waals surface area (Å²) in [5, 5.41) is 13.2. The van der Waals surface area contributed by atoms with E-state index in [9.17, 15) is 0 Å². The van der Waals surface area contributed by atoms with E-state index in [-0.39, 0.29) is 0 Å². The Morgan fingerprint density at radius 1 is 0.113 bits per heavy atom. The van der Waals surface area contributed by atoms with Crippen LogP contribution in [0.5, 0.6) is 0 Å². The molecule has 0 saturated heterocycles. The number of fused-ring (bicyclic) bond motifs is 15. The molecule has 0 aliphatic heterocycles. The maximum Gasteiger partial charge on any atom is 0.0494 e. The normalized spacial score (nSPS) is 11.3. The SMILES string of the molecule is Cn1c2ccc(-c3ccccc3)cc2c2cc(-c3ccccc3)ccc21.Cn1c2ccc(-c3ccccc3)cc2c2ccc(-c3ccccc3)cc21.Cn1c2ccccc2c2cc(-c3ccccc3)ccc21.Cn1c2ccccc2c2ccc(-c3ccccc3)cc21.Cn1c2ccccc2c2ccccc21. The summed E-state index contributed by atoms with van der Waals surface area (Å²) in [4.78, 5) is 0. The molecule has 0 unspecified atom stereocenters. The van der Waals surface area contributed by atoms with E-state index in [2.05, 4.69) is 446 Å². The van der Waals surface area contributed by atoms with E-state index >= 15 is 0 Å². The quantitative estimate of drug-likeness (QED) is 0.159. The van der Waals surface area contributed by atoms with Crippen molar-refractivity contribution in [1.29, 1.82) is 0 Å². The number of hydrogen-bond donors (Lipinski definition) is 0. The molecular weight excluding hydrogens is 1280 g/mol. The van der Waals surface area contributed by atoms with E-state index in [4.69, 9.17) is 0 Å². The highest BCUT2D eigenvalue weighted by atomic mass is 15.0. The van der Waals surface area contributed by atoms with E-state index in [0.717, 1.165) is 0 Å². The highest BCUT2D eigenvalue weighted by Crippen LogP contribution is 2.39. The molecule has 0 spiro atoms. The maximum absolute atomic E-state index is 2.32. The van der Waals surface area contributed by atoms with Gasteiger partial charge in [-0.2, -0.15) is 0 Å². The van der Waals surface area contributed by atoms with E-state index in [0.29, 0.717) is 0 Å². The van der Waals surface area contributed by atoms with Gasteiger partial charge in [0, 0.05) is 144 Å². The predicted molar refractivity (Wildman–Crippen MR) is 455 cm³/mol. The van der Waals surface area contributed by atoms with Crippen molar-refractivity contribution in [1.82, 2.24) is 22.8 Å². The van der Waals surface area contributed by atoms with Crippen molar-refractivity contribution < 1.29 is 0 Å². The highest BCUT2D eigenvalue weighted by Gasteiger charge is 2.16. The van der Waals surface area contributed by atoms with Crippen LogP contribution in [-0.2, 0) is 35.2 Å². The van der Waals surface area contributed by atoms with Gasteiger partial charge in [0.15, 0.2) is 0 Å². The Kier molecular flexibility index (Phi) is 17.8. The first kappa shape index (κ1) is 65.8. The number of para-hydroxylation sites is 4. The van der Waals surface area contributed by atoms with E-state index in [1.807, 2.05) is 0 Å². The Hall–Kier alpha value is -13.5. The number of benzene rings is 16. The Balaban J connectivity index is 0.0000000989. The lowest BCUT2D eigenvalue weighted by Gasteiger charge is -2.03. The van der Waals surface area contributed by atoms with Crippen molar-refractivity contribution in [2.24, 2.45) is 35.2 Å². The molecule has 508 valence electrons. The summed E-state index contributed by atoms with van der Waals surface area (Å²) in [6, 6.07) is 138. The molecule has 0 atom stereocenters. The zero-order valence-electron chi connectivity index (χ0n) is 60.2. The topological polar surface area (TPSA) is 24.6 Å². The minimum atomic E-state index is 1.25. The zero-order chi connectivity index (χ0) is 71.6. The molecular formula is C101H79N5. The first-order valence-electron chi connectivity index (χ1n) is 36.4. The van der Waals surface area contributed by atoms with Crippen LogP contribution in [0.1, 0.15) is 0 Å². The second kappa shape index (κ2) is 28.7. The molecule has 0 amide bonds. The Morgan fingerprint density at radius 3 is 0.528 bits per heavy atom. The number of aromatic nitrogens is 5. The van der Waals surface area contributed by atoms with Crippen LogP contribution in [0.15, 0.2) is 388 Å².